The maximum Gasteiger partial charge on any atom is 0.262 e. The first-order chi connectivity index (χ1) is 12.0. The van der Waals surface area contributed by atoms with Gasteiger partial charge in [-0.2, -0.15) is 0 Å². The second-order valence-corrected chi connectivity index (χ2v) is 4.97. The fourth-order valence-electron chi connectivity index (χ4n) is 2.05. The van der Waals surface area contributed by atoms with E-state index in [4.69, 9.17) is 9.47 Å². The minimum Gasteiger partial charge on any atom is -0.493 e. The molecule has 7 heteroatoms. The van der Waals surface area contributed by atoms with Gasteiger partial charge in [0.2, 0.25) is 0 Å². The molecule has 0 unspecified atom stereocenters. The van der Waals surface area contributed by atoms with E-state index in [1.807, 2.05) is 19.1 Å². The van der Waals surface area contributed by atoms with E-state index in [9.17, 15) is 18.0 Å². The second-order valence-electron chi connectivity index (χ2n) is 4.97. The van der Waals surface area contributed by atoms with Crippen molar-refractivity contribution >= 4 is 17.7 Å². The van der Waals surface area contributed by atoms with Crippen molar-refractivity contribution in [3.63, 3.8) is 0 Å². The maximum absolute atomic E-state index is 13.5. The summed E-state index contributed by atoms with van der Waals surface area (Å²) in [4.78, 5) is 11.8. The molecule has 1 amide bonds. The summed E-state index contributed by atoms with van der Waals surface area (Å²) in [5, 5.41) is 2.12. The van der Waals surface area contributed by atoms with Crippen molar-refractivity contribution in [3.8, 4) is 11.5 Å². The molecule has 1 N–H and O–H groups in total. The van der Waals surface area contributed by atoms with E-state index in [2.05, 4.69) is 5.32 Å². The first-order valence-electron chi connectivity index (χ1n) is 7.33. The smallest absolute Gasteiger partial charge is 0.262 e. The van der Waals surface area contributed by atoms with Gasteiger partial charge in [-0.05, 0) is 36.8 Å². The summed E-state index contributed by atoms with van der Waals surface area (Å²) in [5.41, 5.74) is 0.419. The van der Waals surface area contributed by atoms with Crippen LogP contribution in [0.5, 0.6) is 11.5 Å². The van der Waals surface area contributed by atoms with Crippen molar-refractivity contribution in [2.75, 3.05) is 19.0 Å². The Kier molecular flexibility index (Phi) is 6.05. The van der Waals surface area contributed by atoms with Crippen LogP contribution in [0.1, 0.15) is 12.5 Å². The van der Waals surface area contributed by atoms with E-state index in [0.717, 1.165) is 17.7 Å². The van der Waals surface area contributed by atoms with Gasteiger partial charge in [0.05, 0.1) is 12.8 Å². The molecular weight excluding hydrogens is 335 g/mol. The molecule has 2 aromatic rings. The standard InChI is InChI=1S/C18H16F3NO3/c1-3-4-11-5-8-14(15(9-11)24-2)25-10-16(23)22-13-7-6-12(19)17(20)18(13)21/h3-9H,10H2,1-2H3,(H,22,23)/b4-3+. The van der Waals surface area contributed by atoms with Crippen LogP contribution in [-0.4, -0.2) is 19.6 Å². The topological polar surface area (TPSA) is 47.6 Å². The third-order valence-corrected chi connectivity index (χ3v) is 3.21. The lowest BCUT2D eigenvalue weighted by Gasteiger charge is -2.12. The molecule has 2 rings (SSSR count). The van der Waals surface area contributed by atoms with Crippen LogP contribution in [0.25, 0.3) is 6.08 Å². The van der Waals surface area contributed by atoms with Crippen LogP contribution in [-0.2, 0) is 4.79 Å². The highest BCUT2D eigenvalue weighted by molar-refractivity contribution is 5.92. The summed E-state index contributed by atoms with van der Waals surface area (Å²) in [6.45, 7) is 1.41. The first-order valence-corrected chi connectivity index (χ1v) is 7.33. The monoisotopic (exact) mass is 351 g/mol. The Balaban J connectivity index is 2.04. The van der Waals surface area contributed by atoms with E-state index in [1.54, 1.807) is 18.2 Å². The number of amides is 1. The molecule has 0 fully saturated rings. The first kappa shape index (κ1) is 18.4. The molecule has 0 aliphatic carbocycles. The molecule has 2 aromatic carbocycles. The van der Waals surface area contributed by atoms with E-state index < -0.39 is 35.7 Å². The number of halogens is 3. The normalized spacial score (nSPS) is 10.8. The molecule has 25 heavy (non-hydrogen) atoms. The van der Waals surface area contributed by atoms with Crippen LogP contribution in [0.2, 0.25) is 0 Å². The molecule has 0 aliphatic heterocycles. The van der Waals surface area contributed by atoms with Gasteiger partial charge in [0.15, 0.2) is 35.6 Å². The molecule has 0 saturated carbocycles. The van der Waals surface area contributed by atoms with Gasteiger partial charge in [-0.3, -0.25) is 4.79 Å². The Bertz CT molecular complexity index is 806. The quantitative estimate of drug-likeness (QED) is 0.795. The highest BCUT2D eigenvalue weighted by atomic mass is 19.2. The van der Waals surface area contributed by atoms with Gasteiger partial charge in [0, 0.05) is 0 Å². The van der Waals surface area contributed by atoms with Gasteiger partial charge in [-0.1, -0.05) is 18.2 Å². The fraction of sp³-hybridized carbons (Fsp3) is 0.167. The zero-order chi connectivity index (χ0) is 18.4. The largest absolute Gasteiger partial charge is 0.493 e. The zero-order valence-corrected chi connectivity index (χ0v) is 13.6. The Morgan fingerprint density at radius 2 is 1.88 bits per heavy atom. The summed E-state index contributed by atoms with van der Waals surface area (Å²) in [5.74, 6) is -4.46. The molecule has 0 aliphatic rings. The van der Waals surface area contributed by atoms with Gasteiger partial charge in [0.25, 0.3) is 5.91 Å². The number of hydrogen-bond donors (Lipinski definition) is 1. The van der Waals surface area contributed by atoms with Crippen LogP contribution in [0.4, 0.5) is 18.9 Å². The number of carbonyl (C=O) groups excluding carboxylic acids is 1. The number of carbonyl (C=O) groups is 1. The number of rotatable bonds is 6. The predicted octanol–water partition coefficient (Wildman–Crippen LogP) is 4.16. The average molecular weight is 351 g/mol. The van der Waals surface area contributed by atoms with Crippen molar-refractivity contribution in [2.45, 2.75) is 6.92 Å². The van der Waals surface area contributed by atoms with Crippen LogP contribution in [0, 0.1) is 17.5 Å². The lowest BCUT2D eigenvalue weighted by Crippen LogP contribution is -2.21. The lowest BCUT2D eigenvalue weighted by atomic mass is 10.2. The van der Waals surface area contributed by atoms with E-state index in [-0.39, 0.29) is 0 Å². The summed E-state index contributed by atoms with van der Waals surface area (Å²) in [6, 6.07) is 6.77. The van der Waals surface area contributed by atoms with E-state index in [0.29, 0.717) is 11.5 Å². The molecule has 132 valence electrons. The van der Waals surface area contributed by atoms with E-state index in [1.165, 1.54) is 7.11 Å². The number of nitrogens with one attached hydrogen (secondary N) is 1. The molecule has 0 spiro atoms. The molecule has 0 bridgehead atoms. The lowest BCUT2D eigenvalue weighted by molar-refractivity contribution is -0.118. The zero-order valence-electron chi connectivity index (χ0n) is 13.6. The number of benzene rings is 2. The fourth-order valence-corrected chi connectivity index (χ4v) is 2.05. The Morgan fingerprint density at radius 3 is 2.56 bits per heavy atom. The second kappa shape index (κ2) is 8.23. The molecule has 0 radical (unpaired) electrons. The van der Waals surface area contributed by atoms with Crippen LogP contribution >= 0.6 is 0 Å². The van der Waals surface area contributed by atoms with Crippen LogP contribution in [0.3, 0.4) is 0 Å². The molecule has 0 heterocycles. The number of hydrogen-bond acceptors (Lipinski definition) is 3. The highest BCUT2D eigenvalue weighted by Gasteiger charge is 2.16. The third kappa shape index (κ3) is 4.53. The van der Waals surface area contributed by atoms with Crippen molar-refractivity contribution in [2.24, 2.45) is 0 Å². The van der Waals surface area contributed by atoms with Crippen LogP contribution in [0.15, 0.2) is 36.4 Å². The summed E-state index contributed by atoms with van der Waals surface area (Å²) in [6.07, 6.45) is 3.73. The van der Waals surface area contributed by atoms with Crippen molar-refractivity contribution in [1.82, 2.24) is 0 Å². The van der Waals surface area contributed by atoms with Crippen molar-refractivity contribution in [3.05, 3.63) is 59.4 Å². The highest BCUT2D eigenvalue weighted by Crippen LogP contribution is 2.28. The minimum atomic E-state index is -1.65. The van der Waals surface area contributed by atoms with Gasteiger partial charge in [-0.25, -0.2) is 13.2 Å². The van der Waals surface area contributed by atoms with E-state index >= 15 is 0 Å². The molecule has 0 atom stereocenters. The predicted molar refractivity (Wildman–Crippen MR) is 88.1 cm³/mol. The summed E-state index contributed by atoms with van der Waals surface area (Å²) >= 11 is 0. The van der Waals surface area contributed by atoms with Crippen LogP contribution < -0.4 is 14.8 Å². The maximum atomic E-state index is 13.5. The Hall–Kier alpha value is -2.96. The number of ether oxygens (including phenoxy) is 2. The van der Waals surface area contributed by atoms with Crippen molar-refractivity contribution < 1.29 is 27.4 Å². The van der Waals surface area contributed by atoms with Gasteiger partial charge < -0.3 is 14.8 Å². The van der Waals surface area contributed by atoms with Gasteiger partial charge in [-0.15, -0.1) is 0 Å². The van der Waals surface area contributed by atoms with Gasteiger partial charge >= 0.3 is 0 Å². The van der Waals surface area contributed by atoms with Crippen molar-refractivity contribution in [1.29, 1.82) is 0 Å². The Labute approximate surface area is 142 Å². The van der Waals surface area contributed by atoms with Gasteiger partial charge in [0.1, 0.15) is 0 Å². The number of anilines is 1. The SMILES string of the molecule is C/C=C/c1ccc(OCC(=O)Nc2ccc(F)c(F)c2F)c(OC)c1. The summed E-state index contributed by atoms with van der Waals surface area (Å²) in [7, 11) is 1.46. The summed E-state index contributed by atoms with van der Waals surface area (Å²) < 4.78 is 50.1. The molecule has 0 aromatic heterocycles. The molecular formula is C18H16F3NO3. The third-order valence-electron chi connectivity index (χ3n) is 3.21. The minimum absolute atomic E-state index is 0.316. The average Bonchev–Trinajstić information content (AvgIpc) is 2.61. The molecule has 4 nitrogen and oxygen atoms in total. The Morgan fingerprint density at radius 1 is 1.12 bits per heavy atom. The number of methoxy groups -OCH3 is 1. The number of allylic oxidation sites excluding steroid dienone is 1. The molecule has 0 saturated heterocycles.